The predicted octanol–water partition coefficient (Wildman–Crippen LogP) is 19.9. The Hall–Kier alpha value is -11.3. The summed E-state index contributed by atoms with van der Waals surface area (Å²) in [4.78, 5) is 53.5. The van der Waals surface area contributed by atoms with Crippen molar-refractivity contribution in [1.82, 2.24) is 98.1 Å². The molecule has 0 amide bonds. The summed E-state index contributed by atoms with van der Waals surface area (Å²) in [5, 5.41) is 61.7. The van der Waals surface area contributed by atoms with E-state index in [1.54, 1.807) is 106 Å². The van der Waals surface area contributed by atoms with E-state index in [2.05, 4.69) is 79.3 Å². The minimum absolute atomic E-state index is 0.0852. The van der Waals surface area contributed by atoms with Crippen LogP contribution in [-0.2, 0) is 47.6 Å². The van der Waals surface area contributed by atoms with Crippen LogP contribution in [-0.4, -0.2) is 137 Å². The van der Waals surface area contributed by atoms with Gasteiger partial charge in [0, 0.05) is 41.1 Å². The van der Waals surface area contributed by atoms with Crippen LogP contribution in [0.15, 0.2) is 263 Å². The maximum Gasteiger partial charge on any atom is 0.267 e. The number of aryl methyl sites for hydroxylation is 1. The van der Waals surface area contributed by atoms with Crippen LogP contribution in [0.5, 0.6) is 11.5 Å². The number of ether oxygens (including phenoxy) is 3. The normalized spacial score (nSPS) is 17.4. The molecular weight excluding hydrogens is 1820 g/mol. The second-order valence-corrected chi connectivity index (χ2v) is 38.2. The van der Waals surface area contributed by atoms with Crippen molar-refractivity contribution in [1.29, 1.82) is 0 Å². The lowest BCUT2D eigenvalue weighted by molar-refractivity contribution is -0.138. The number of fused-ring (bicyclic) bond motifs is 1. The highest BCUT2D eigenvalue weighted by Gasteiger charge is 2.60. The summed E-state index contributed by atoms with van der Waals surface area (Å²) in [5.41, 5.74) is 0.793. The van der Waals surface area contributed by atoms with Crippen LogP contribution in [0.25, 0.3) is 22.5 Å². The van der Waals surface area contributed by atoms with Crippen molar-refractivity contribution < 1.29 is 43.1 Å². The number of rotatable bonds is 23. The Morgan fingerprint density at radius 3 is 1.60 bits per heavy atom. The molecule has 1 aliphatic heterocycles. The molecular formula is C94H99Cl7F2N20O8. The number of Topliss-reactive ketones (excluding diaryl/α,β-unsaturated/α-hetero) is 1. The molecule has 1 saturated heterocycles. The van der Waals surface area contributed by atoms with Crippen molar-refractivity contribution in [2.24, 2.45) is 27.6 Å². The van der Waals surface area contributed by atoms with Gasteiger partial charge in [-0.1, -0.05) is 212 Å². The van der Waals surface area contributed by atoms with Crippen LogP contribution in [0.3, 0.4) is 0 Å². The summed E-state index contributed by atoms with van der Waals surface area (Å²) in [7, 11) is 0. The summed E-state index contributed by atoms with van der Waals surface area (Å²) in [6.07, 6.45) is 19.8. The Morgan fingerprint density at radius 1 is 0.557 bits per heavy atom. The third-order valence-electron chi connectivity index (χ3n) is 22.5. The van der Waals surface area contributed by atoms with Gasteiger partial charge in [0.1, 0.15) is 117 Å². The van der Waals surface area contributed by atoms with Gasteiger partial charge in [0.05, 0.1) is 52.4 Å². The van der Waals surface area contributed by atoms with E-state index in [1.807, 2.05) is 135 Å². The summed E-state index contributed by atoms with van der Waals surface area (Å²) in [5.74, 6) is 0.635. The number of nitrogens with zero attached hydrogens (tertiary/aromatic N) is 20. The fourth-order valence-electron chi connectivity index (χ4n) is 14.6. The van der Waals surface area contributed by atoms with Gasteiger partial charge >= 0.3 is 0 Å². The SMILES string of the molecule is CC(C)(C)C(=O)C(Oc1ccc(Cl)cc1)n1cncn1.CC(C)(C)C(O)(CCc1ccc(Cl)cc1)Cn1cncn1.CC(C)(C)C(O)C(Oc1ccc(Cl)cc1)n1cncn1.CC1(C)CCC(Cc2ccc(Cl)cc2)C1(O)Cn1cncn1.Fc1ccc(C2(Cn3cncn3)OC2c2ccccc2Cl)cc1.O=c1c2cc(F)ccc2nc(-n2cncn2)n1-c1ccc(Cl)cc1Cl. The average Bonchev–Trinajstić information content (AvgIpc) is 1.73. The number of ketones is 1. The number of carbonyl (C=O) groups excluding carboxylic acids is 1. The molecule has 1 saturated carbocycles. The van der Waals surface area contributed by atoms with Crippen molar-refractivity contribution >= 4 is 97.9 Å². The standard InChI is InChI=1S/C17H13ClFN3O.C17H22ClN3O.C16H8Cl2FN5O.C16H22ClN3O.C14H18ClN3O2.C14H16ClN3O2/c18-15-4-2-1-3-14(15)16-17(23-16,9-22-11-20-10-21-22)12-5-7-13(19)8-6-12;1-16(2)8-7-14(9-13-3-5-15(18)6-4-13)17(16,22)10-21-12-19-11-20-21;17-9-1-4-14(12(18)5-9)24-15(25)11-6-10(19)2-3-13(11)22-16(24)23-8-20-7-21-23;1-15(2,3)16(21,10-20-12-18-11-19-20)9-8-13-4-6-14(17)7-5-13;2*1-14(2,3)12(19)13(18-9-16-8-17-18)20-11-6-4-10(15)5-7-11/h1-8,10-11,16H,9H2;3-6,11-12,14,22H,7-10H2,1-2H3;1-8H;4-7,11-12,21H,8-10H2,1-3H3;4-9,12-13,19H,1-3H3;4-9,13H,1-3H3. The highest BCUT2D eigenvalue weighted by atomic mass is 35.5. The summed E-state index contributed by atoms with van der Waals surface area (Å²) in [6.45, 7) is 23.2. The molecule has 3 N–H and O–H groups in total. The number of halogens is 9. The molecule has 8 unspecified atom stereocenters. The summed E-state index contributed by atoms with van der Waals surface area (Å²) < 4.78 is 55.2. The lowest BCUT2D eigenvalue weighted by atomic mass is 9.72. The Morgan fingerprint density at radius 2 is 1.07 bits per heavy atom. The molecule has 7 aromatic heterocycles. The van der Waals surface area contributed by atoms with Crippen LogP contribution in [0, 0.1) is 39.2 Å². The van der Waals surface area contributed by atoms with Gasteiger partial charge in [0.2, 0.25) is 18.0 Å². The maximum atomic E-state index is 13.6. The van der Waals surface area contributed by atoms with Gasteiger partial charge in [-0.3, -0.25) is 19.0 Å². The first-order valence-electron chi connectivity index (χ1n) is 41.6. The maximum absolute atomic E-state index is 13.6. The minimum Gasteiger partial charge on any atom is -0.466 e. The fourth-order valence-corrected chi connectivity index (χ4v) is 15.8. The molecule has 37 heteroatoms. The first-order valence-corrected chi connectivity index (χ1v) is 44.2. The zero-order valence-electron chi connectivity index (χ0n) is 73.5. The zero-order valence-corrected chi connectivity index (χ0v) is 78.8. The van der Waals surface area contributed by atoms with Crippen LogP contribution < -0.4 is 15.0 Å². The Balaban J connectivity index is 0.000000142. The molecule has 8 atom stereocenters. The van der Waals surface area contributed by atoms with Gasteiger partial charge in [-0.25, -0.2) is 62.3 Å². The number of aliphatic hydroxyl groups excluding tert-OH is 1. The number of benzene rings is 8. The molecule has 8 aromatic carbocycles. The lowest BCUT2D eigenvalue weighted by Gasteiger charge is -2.40. The van der Waals surface area contributed by atoms with E-state index in [9.17, 15) is 33.7 Å². The largest absolute Gasteiger partial charge is 0.466 e. The molecule has 15 aromatic rings. The van der Waals surface area contributed by atoms with Gasteiger partial charge in [-0.15, -0.1) is 0 Å². The van der Waals surface area contributed by atoms with E-state index in [1.165, 1.54) is 117 Å². The quantitative estimate of drug-likeness (QED) is 0.0501. The first kappa shape index (κ1) is 98.8. The smallest absolute Gasteiger partial charge is 0.267 e. The summed E-state index contributed by atoms with van der Waals surface area (Å²) >= 11 is 42.0. The molecule has 0 spiro atoms. The van der Waals surface area contributed by atoms with Gasteiger partial charge in [-0.2, -0.15) is 35.3 Å². The minimum atomic E-state index is -0.861. The lowest BCUT2D eigenvalue weighted by Crippen LogP contribution is -2.49. The number of aromatic nitrogens is 20. The average molecular weight is 1920 g/mol. The predicted molar refractivity (Wildman–Crippen MR) is 499 cm³/mol. The molecule has 2 fully saturated rings. The van der Waals surface area contributed by atoms with Gasteiger partial charge < -0.3 is 29.5 Å². The number of aliphatic hydroxyl groups is 3. The van der Waals surface area contributed by atoms with Crippen molar-refractivity contribution in [3.63, 3.8) is 0 Å². The van der Waals surface area contributed by atoms with Crippen LogP contribution >= 0.6 is 81.2 Å². The van der Waals surface area contributed by atoms with E-state index in [0.717, 1.165) is 52.9 Å². The number of carbonyl (C=O) groups is 1. The third-order valence-corrected chi connectivity index (χ3v) is 24.4. The van der Waals surface area contributed by atoms with Crippen molar-refractivity contribution in [3.8, 4) is 23.1 Å². The van der Waals surface area contributed by atoms with E-state index in [0.29, 0.717) is 68.8 Å². The van der Waals surface area contributed by atoms with E-state index in [4.69, 9.17) is 95.4 Å². The summed E-state index contributed by atoms with van der Waals surface area (Å²) in [6, 6.07) is 51.9. The Labute approximate surface area is 791 Å². The number of epoxide rings is 1. The van der Waals surface area contributed by atoms with Crippen molar-refractivity contribution in [2.75, 3.05) is 0 Å². The van der Waals surface area contributed by atoms with Crippen LogP contribution in [0.4, 0.5) is 8.78 Å². The van der Waals surface area contributed by atoms with Crippen molar-refractivity contribution in [2.45, 2.75) is 169 Å². The van der Waals surface area contributed by atoms with E-state index in [-0.39, 0.29) is 56.2 Å². The van der Waals surface area contributed by atoms with E-state index >= 15 is 0 Å². The van der Waals surface area contributed by atoms with E-state index < -0.39 is 52.2 Å². The Kier molecular flexibility index (Phi) is 32.4. The van der Waals surface area contributed by atoms with Gasteiger partial charge in [0.25, 0.3) is 11.8 Å². The van der Waals surface area contributed by atoms with Crippen molar-refractivity contribution in [3.05, 3.63) is 337 Å². The topological polar surface area (TPSA) is 328 Å². The number of hydrogen-bond acceptors (Lipinski definition) is 21. The van der Waals surface area contributed by atoms with Crippen LogP contribution in [0.1, 0.15) is 136 Å². The fraction of sp³-hybridized carbons (Fsp3) is 0.330. The zero-order chi connectivity index (χ0) is 94.2. The molecule has 0 radical (unpaired) electrons. The second kappa shape index (κ2) is 43.0. The third kappa shape index (κ3) is 25.5. The monoisotopic (exact) mass is 1920 g/mol. The Bertz CT molecular complexity index is 6200. The second-order valence-electron chi connectivity index (χ2n) is 35.2. The molecule has 1 aliphatic carbocycles. The molecule has 2 aliphatic rings. The van der Waals surface area contributed by atoms with Gasteiger partial charge in [-0.05, 0) is 198 Å². The molecule has 17 rings (SSSR count). The molecule has 0 bridgehead atoms. The van der Waals surface area contributed by atoms with Crippen LogP contribution in [0.2, 0.25) is 35.2 Å². The highest BCUT2D eigenvalue weighted by Crippen LogP contribution is 2.59. The molecule has 28 nitrogen and oxygen atoms in total. The molecule has 131 heavy (non-hydrogen) atoms. The highest BCUT2D eigenvalue weighted by molar-refractivity contribution is 6.36. The molecule has 8 heterocycles. The first-order chi connectivity index (χ1) is 62.2. The number of hydrogen-bond donors (Lipinski definition) is 3. The van der Waals surface area contributed by atoms with Gasteiger partial charge in [0.15, 0.2) is 0 Å². The molecule has 686 valence electrons.